The average molecular weight is 335 g/mol. The molecule has 24 heavy (non-hydrogen) atoms. The zero-order valence-corrected chi connectivity index (χ0v) is 13.5. The number of methoxy groups -OCH3 is 1. The Kier molecular flexibility index (Phi) is 6.17. The maximum Gasteiger partial charge on any atom is 0.343 e. The van der Waals surface area contributed by atoms with E-state index in [1.165, 1.54) is 7.11 Å². The standard InChI is InChI=1S/C17H21NO6/c1-23-15(19)10-24-12-6-4-5-11(9-12)18-16(20)13-7-2-3-8-14(13)17(21)22/h4-6,9,13-14H,2-3,7-8,10H2,1H3,(H,18,20)(H,21,22). The van der Waals surface area contributed by atoms with Crippen LogP contribution < -0.4 is 10.1 Å². The molecule has 1 amide bonds. The molecule has 0 spiro atoms. The molecule has 1 aliphatic rings. The predicted molar refractivity (Wildman–Crippen MR) is 85.7 cm³/mol. The third kappa shape index (κ3) is 4.71. The number of amides is 1. The molecule has 0 aromatic heterocycles. The highest BCUT2D eigenvalue weighted by molar-refractivity contribution is 5.95. The Balaban J connectivity index is 2.00. The molecule has 1 fully saturated rings. The molecule has 7 heteroatoms. The highest BCUT2D eigenvalue weighted by Crippen LogP contribution is 2.31. The second-order valence-corrected chi connectivity index (χ2v) is 5.72. The van der Waals surface area contributed by atoms with Crippen molar-refractivity contribution in [2.75, 3.05) is 19.0 Å². The summed E-state index contributed by atoms with van der Waals surface area (Å²) in [5.74, 6) is -2.49. The number of ether oxygens (including phenoxy) is 2. The van der Waals surface area contributed by atoms with Crippen molar-refractivity contribution in [2.24, 2.45) is 11.8 Å². The van der Waals surface area contributed by atoms with Gasteiger partial charge in [-0.3, -0.25) is 9.59 Å². The molecule has 2 rings (SSSR count). The second-order valence-electron chi connectivity index (χ2n) is 5.72. The molecule has 0 aliphatic heterocycles. The van der Waals surface area contributed by atoms with Crippen LogP contribution in [0.3, 0.4) is 0 Å². The number of hydrogen-bond acceptors (Lipinski definition) is 5. The molecule has 1 aromatic carbocycles. The lowest BCUT2D eigenvalue weighted by Gasteiger charge is -2.27. The van der Waals surface area contributed by atoms with Gasteiger partial charge in [0.2, 0.25) is 5.91 Å². The highest BCUT2D eigenvalue weighted by Gasteiger charge is 2.35. The zero-order valence-electron chi connectivity index (χ0n) is 13.5. The number of anilines is 1. The average Bonchev–Trinajstić information content (AvgIpc) is 2.59. The van der Waals surface area contributed by atoms with Gasteiger partial charge in [0, 0.05) is 11.8 Å². The van der Waals surface area contributed by atoms with Crippen molar-refractivity contribution in [3.8, 4) is 5.75 Å². The van der Waals surface area contributed by atoms with Crippen LogP contribution in [0.1, 0.15) is 25.7 Å². The summed E-state index contributed by atoms with van der Waals surface area (Å²) in [6.07, 6.45) is 2.78. The van der Waals surface area contributed by atoms with E-state index in [1.54, 1.807) is 24.3 Å². The maximum absolute atomic E-state index is 12.4. The summed E-state index contributed by atoms with van der Waals surface area (Å²) >= 11 is 0. The first-order chi connectivity index (χ1) is 11.5. The molecule has 0 bridgehead atoms. The second kappa shape index (κ2) is 8.33. The highest BCUT2D eigenvalue weighted by atomic mass is 16.6. The fraction of sp³-hybridized carbons (Fsp3) is 0.471. The van der Waals surface area contributed by atoms with Crippen molar-refractivity contribution < 1.29 is 29.0 Å². The molecular weight excluding hydrogens is 314 g/mol. The smallest absolute Gasteiger partial charge is 0.343 e. The van der Waals surface area contributed by atoms with Crippen molar-refractivity contribution >= 4 is 23.5 Å². The minimum atomic E-state index is -0.926. The van der Waals surface area contributed by atoms with Gasteiger partial charge in [0.1, 0.15) is 5.75 Å². The van der Waals surface area contributed by atoms with E-state index in [9.17, 15) is 19.5 Å². The van der Waals surface area contributed by atoms with Crippen LogP contribution in [0.4, 0.5) is 5.69 Å². The van der Waals surface area contributed by atoms with Crippen LogP contribution in [0.5, 0.6) is 5.75 Å². The summed E-state index contributed by atoms with van der Waals surface area (Å²) in [7, 11) is 1.27. The number of carboxylic acids is 1. The molecule has 1 aliphatic carbocycles. The van der Waals surface area contributed by atoms with Gasteiger partial charge in [-0.15, -0.1) is 0 Å². The van der Waals surface area contributed by atoms with E-state index in [1.807, 2.05) is 0 Å². The minimum absolute atomic E-state index is 0.225. The molecule has 7 nitrogen and oxygen atoms in total. The lowest BCUT2D eigenvalue weighted by Crippen LogP contribution is -2.36. The Morgan fingerprint density at radius 2 is 1.92 bits per heavy atom. The Morgan fingerprint density at radius 3 is 2.58 bits per heavy atom. The third-order valence-corrected chi connectivity index (χ3v) is 4.11. The van der Waals surface area contributed by atoms with Crippen molar-refractivity contribution in [1.82, 2.24) is 0 Å². The van der Waals surface area contributed by atoms with Crippen LogP contribution in [-0.4, -0.2) is 36.7 Å². The van der Waals surface area contributed by atoms with Gasteiger partial charge in [-0.1, -0.05) is 18.9 Å². The molecule has 0 radical (unpaired) electrons. The van der Waals surface area contributed by atoms with E-state index in [2.05, 4.69) is 10.1 Å². The number of carboxylic acid groups (broad SMARTS) is 1. The van der Waals surface area contributed by atoms with Gasteiger partial charge in [0.25, 0.3) is 0 Å². The zero-order chi connectivity index (χ0) is 17.5. The maximum atomic E-state index is 12.4. The summed E-state index contributed by atoms with van der Waals surface area (Å²) < 4.78 is 9.76. The molecule has 1 aromatic rings. The van der Waals surface area contributed by atoms with Gasteiger partial charge in [0.05, 0.1) is 18.9 Å². The number of aliphatic carboxylic acids is 1. The number of carbonyl (C=O) groups is 3. The number of nitrogens with one attached hydrogen (secondary N) is 1. The third-order valence-electron chi connectivity index (χ3n) is 4.11. The van der Waals surface area contributed by atoms with E-state index in [0.717, 1.165) is 12.8 Å². The van der Waals surface area contributed by atoms with Gasteiger partial charge >= 0.3 is 11.9 Å². The van der Waals surface area contributed by atoms with Gasteiger partial charge in [-0.2, -0.15) is 0 Å². The number of hydrogen-bond donors (Lipinski definition) is 2. The van der Waals surface area contributed by atoms with E-state index in [-0.39, 0.29) is 12.5 Å². The van der Waals surface area contributed by atoms with E-state index in [4.69, 9.17) is 4.74 Å². The molecule has 2 atom stereocenters. The summed E-state index contributed by atoms with van der Waals surface area (Å²) in [6, 6.07) is 6.60. The summed E-state index contributed by atoms with van der Waals surface area (Å²) in [5.41, 5.74) is 0.497. The van der Waals surface area contributed by atoms with Crippen molar-refractivity contribution in [3.05, 3.63) is 24.3 Å². The summed E-state index contributed by atoms with van der Waals surface area (Å²) in [6.45, 7) is -0.225. The van der Waals surface area contributed by atoms with Gasteiger partial charge in [-0.05, 0) is 25.0 Å². The molecule has 1 saturated carbocycles. The van der Waals surface area contributed by atoms with Crippen LogP contribution in [0.15, 0.2) is 24.3 Å². The van der Waals surface area contributed by atoms with E-state index in [0.29, 0.717) is 24.3 Å². The fourth-order valence-electron chi connectivity index (χ4n) is 2.84. The van der Waals surface area contributed by atoms with Crippen LogP contribution in [0.2, 0.25) is 0 Å². The largest absolute Gasteiger partial charge is 0.482 e. The van der Waals surface area contributed by atoms with Crippen molar-refractivity contribution in [3.63, 3.8) is 0 Å². The van der Waals surface area contributed by atoms with Crippen LogP contribution >= 0.6 is 0 Å². The quantitative estimate of drug-likeness (QED) is 0.772. The summed E-state index contributed by atoms with van der Waals surface area (Å²) in [4.78, 5) is 34.8. The van der Waals surface area contributed by atoms with Gasteiger partial charge < -0.3 is 19.9 Å². The summed E-state index contributed by atoms with van der Waals surface area (Å²) in [5, 5.41) is 12.0. The lowest BCUT2D eigenvalue weighted by atomic mass is 9.78. The molecule has 2 unspecified atom stereocenters. The molecule has 0 heterocycles. The monoisotopic (exact) mass is 335 g/mol. The Bertz CT molecular complexity index is 615. The Labute approximate surface area is 139 Å². The Hall–Kier alpha value is -2.57. The van der Waals surface area contributed by atoms with E-state index < -0.39 is 23.8 Å². The van der Waals surface area contributed by atoms with Crippen LogP contribution in [0, 0.1) is 11.8 Å². The first-order valence-corrected chi connectivity index (χ1v) is 7.84. The number of esters is 1. The molecule has 0 saturated heterocycles. The van der Waals surface area contributed by atoms with Crippen molar-refractivity contribution in [2.45, 2.75) is 25.7 Å². The number of benzene rings is 1. The van der Waals surface area contributed by atoms with E-state index >= 15 is 0 Å². The lowest BCUT2D eigenvalue weighted by molar-refractivity contribution is -0.147. The number of carbonyl (C=O) groups excluding carboxylic acids is 2. The normalized spacial score (nSPS) is 20.0. The first kappa shape index (κ1) is 17.8. The Morgan fingerprint density at radius 1 is 1.21 bits per heavy atom. The van der Waals surface area contributed by atoms with Crippen LogP contribution in [0.25, 0.3) is 0 Å². The molecule has 130 valence electrons. The molecular formula is C17H21NO6. The topological polar surface area (TPSA) is 102 Å². The van der Waals surface area contributed by atoms with Gasteiger partial charge in [0.15, 0.2) is 6.61 Å². The first-order valence-electron chi connectivity index (χ1n) is 7.84. The molecule has 2 N–H and O–H groups in total. The fourth-order valence-corrected chi connectivity index (χ4v) is 2.84. The minimum Gasteiger partial charge on any atom is -0.482 e. The van der Waals surface area contributed by atoms with Crippen molar-refractivity contribution in [1.29, 1.82) is 0 Å². The number of rotatable bonds is 6. The van der Waals surface area contributed by atoms with Crippen LogP contribution in [-0.2, 0) is 19.1 Å². The SMILES string of the molecule is COC(=O)COc1cccc(NC(=O)C2CCCCC2C(=O)O)c1. The van der Waals surface area contributed by atoms with Gasteiger partial charge in [-0.25, -0.2) is 4.79 Å². The predicted octanol–water partition coefficient (Wildman–Crippen LogP) is 2.07.